The minimum absolute atomic E-state index is 0.335. The van der Waals surface area contributed by atoms with E-state index in [1.807, 2.05) is 18.2 Å². The summed E-state index contributed by atoms with van der Waals surface area (Å²) in [6.45, 7) is 4.86. The lowest BCUT2D eigenvalue weighted by atomic mass is 9.96. The molecule has 0 aliphatic carbocycles. The number of ether oxygens (including phenoxy) is 2. The highest BCUT2D eigenvalue weighted by Gasteiger charge is 2.41. The second-order valence-electron chi connectivity index (χ2n) is 5.99. The van der Waals surface area contributed by atoms with E-state index in [0.29, 0.717) is 31.4 Å². The van der Waals surface area contributed by atoms with Crippen LogP contribution in [0.2, 0.25) is 0 Å². The normalized spacial score (nSPS) is 26.1. The van der Waals surface area contributed by atoms with E-state index in [-0.39, 0.29) is 0 Å². The van der Waals surface area contributed by atoms with Crippen molar-refractivity contribution in [2.24, 2.45) is 4.99 Å². The second kappa shape index (κ2) is 7.51. The third-order valence-electron chi connectivity index (χ3n) is 4.43. The predicted octanol–water partition coefficient (Wildman–Crippen LogP) is 2.24. The Morgan fingerprint density at radius 3 is 3.00 bits per heavy atom. The highest BCUT2D eigenvalue weighted by Crippen LogP contribution is 2.34. The summed E-state index contributed by atoms with van der Waals surface area (Å²) >= 11 is 0. The SMILES string of the molecule is C=CCOc1ccccc1CNC(=NC)NC1CC2CCC1O2. The molecule has 1 aromatic carbocycles. The maximum Gasteiger partial charge on any atom is 0.191 e. The van der Waals surface area contributed by atoms with Gasteiger partial charge in [-0.15, -0.1) is 0 Å². The van der Waals surface area contributed by atoms with Gasteiger partial charge in [-0.1, -0.05) is 30.9 Å². The summed E-state index contributed by atoms with van der Waals surface area (Å²) in [6.07, 6.45) is 5.94. The second-order valence-corrected chi connectivity index (χ2v) is 5.99. The van der Waals surface area contributed by atoms with Crippen molar-refractivity contribution in [1.82, 2.24) is 10.6 Å². The Bertz CT molecular complexity index is 573. The maximum atomic E-state index is 5.88. The molecule has 3 atom stereocenters. The lowest BCUT2D eigenvalue weighted by Gasteiger charge is -2.23. The molecular formula is C18H25N3O2. The largest absolute Gasteiger partial charge is 0.489 e. The lowest BCUT2D eigenvalue weighted by Crippen LogP contribution is -2.47. The molecular weight excluding hydrogens is 290 g/mol. The standard InChI is InChI=1S/C18H25N3O2/c1-3-10-22-16-7-5-4-6-13(16)12-20-18(19-2)21-15-11-14-8-9-17(15)23-14/h3-7,14-15,17H,1,8-12H2,2H3,(H2,19,20,21). The fraction of sp³-hybridized carbons (Fsp3) is 0.500. The third-order valence-corrected chi connectivity index (χ3v) is 4.43. The number of para-hydroxylation sites is 1. The van der Waals surface area contributed by atoms with Crippen molar-refractivity contribution in [2.45, 2.75) is 44.1 Å². The Balaban J connectivity index is 1.55. The molecule has 2 saturated heterocycles. The molecule has 2 N–H and O–H groups in total. The number of benzene rings is 1. The summed E-state index contributed by atoms with van der Waals surface area (Å²) in [6, 6.07) is 8.38. The minimum Gasteiger partial charge on any atom is -0.489 e. The molecule has 2 bridgehead atoms. The molecule has 1 aromatic rings. The number of fused-ring (bicyclic) bond motifs is 2. The Morgan fingerprint density at radius 1 is 1.43 bits per heavy atom. The van der Waals surface area contributed by atoms with Gasteiger partial charge in [-0.25, -0.2) is 0 Å². The summed E-state index contributed by atoms with van der Waals surface area (Å²) in [7, 11) is 1.80. The van der Waals surface area contributed by atoms with Crippen molar-refractivity contribution in [3.8, 4) is 5.75 Å². The summed E-state index contributed by atoms with van der Waals surface area (Å²) in [5.74, 6) is 1.68. The summed E-state index contributed by atoms with van der Waals surface area (Å²) in [5.41, 5.74) is 1.10. The molecule has 124 valence electrons. The zero-order valence-corrected chi connectivity index (χ0v) is 13.6. The van der Waals surface area contributed by atoms with Crippen molar-refractivity contribution >= 4 is 5.96 Å². The first-order valence-corrected chi connectivity index (χ1v) is 8.24. The van der Waals surface area contributed by atoms with E-state index in [1.165, 1.54) is 6.42 Å². The molecule has 2 aliphatic heterocycles. The first-order chi connectivity index (χ1) is 11.3. The van der Waals surface area contributed by atoms with Crippen LogP contribution in [0.3, 0.4) is 0 Å². The minimum atomic E-state index is 0.335. The van der Waals surface area contributed by atoms with Crippen LogP contribution in [-0.2, 0) is 11.3 Å². The van der Waals surface area contributed by atoms with Gasteiger partial charge in [-0.05, 0) is 25.3 Å². The van der Waals surface area contributed by atoms with E-state index in [4.69, 9.17) is 9.47 Å². The molecule has 2 aliphatic rings. The Morgan fingerprint density at radius 2 is 2.30 bits per heavy atom. The Labute approximate surface area is 137 Å². The molecule has 0 radical (unpaired) electrons. The van der Waals surface area contributed by atoms with E-state index in [1.54, 1.807) is 13.1 Å². The maximum absolute atomic E-state index is 5.88. The summed E-state index contributed by atoms with van der Waals surface area (Å²) in [5, 5.41) is 6.85. The molecule has 23 heavy (non-hydrogen) atoms. The van der Waals surface area contributed by atoms with Crippen LogP contribution in [0.25, 0.3) is 0 Å². The molecule has 3 unspecified atom stereocenters. The van der Waals surface area contributed by atoms with Crippen LogP contribution in [0.15, 0.2) is 41.9 Å². The topological polar surface area (TPSA) is 54.9 Å². The quantitative estimate of drug-likeness (QED) is 0.480. The molecule has 5 nitrogen and oxygen atoms in total. The van der Waals surface area contributed by atoms with Gasteiger partial charge in [-0.3, -0.25) is 4.99 Å². The van der Waals surface area contributed by atoms with Gasteiger partial charge >= 0.3 is 0 Å². The first-order valence-electron chi connectivity index (χ1n) is 8.24. The number of hydrogen-bond acceptors (Lipinski definition) is 3. The lowest BCUT2D eigenvalue weighted by molar-refractivity contribution is 0.0992. The van der Waals surface area contributed by atoms with Gasteiger partial charge in [-0.2, -0.15) is 0 Å². The average molecular weight is 315 g/mol. The molecule has 0 saturated carbocycles. The van der Waals surface area contributed by atoms with Crippen LogP contribution in [0, 0.1) is 0 Å². The van der Waals surface area contributed by atoms with Gasteiger partial charge in [0.15, 0.2) is 5.96 Å². The fourth-order valence-electron chi connectivity index (χ4n) is 3.28. The Hall–Kier alpha value is -2.01. The van der Waals surface area contributed by atoms with E-state index >= 15 is 0 Å². The van der Waals surface area contributed by atoms with Gasteiger partial charge in [0.1, 0.15) is 12.4 Å². The van der Waals surface area contributed by atoms with Crippen molar-refractivity contribution < 1.29 is 9.47 Å². The van der Waals surface area contributed by atoms with Crippen LogP contribution in [0.4, 0.5) is 0 Å². The molecule has 0 spiro atoms. The zero-order valence-electron chi connectivity index (χ0n) is 13.6. The third kappa shape index (κ3) is 3.85. The fourth-order valence-corrected chi connectivity index (χ4v) is 3.28. The first kappa shape index (κ1) is 15.9. The van der Waals surface area contributed by atoms with Crippen LogP contribution in [0.5, 0.6) is 5.75 Å². The molecule has 0 aromatic heterocycles. The van der Waals surface area contributed by atoms with Gasteiger partial charge in [0.05, 0.1) is 18.2 Å². The van der Waals surface area contributed by atoms with Gasteiger partial charge < -0.3 is 20.1 Å². The number of nitrogens with one attached hydrogen (secondary N) is 2. The van der Waals surface area contributed by atoms with Crippen LogP contribution >= 0.6 is 0 Å². The van der Waals surface area contributed by atoms with Crippen molar-refractivity contribution in [1.29, 1.82) is 0 Å². The van der Waals surface area contributed by atoms with E-state index in [2.05, 4.69) is 28.3 Å². The smallest absolute Gasteiger partial charge is 0.191 e. The molecule has 2 heterocycles. The predicted molar refractivity (Wildman–Crippen MR) is 91.8 cm³/mol. The van der Waals surface area contributed by atoms with Crippen LogP contribution in [0.1, 0.15) is 24.8 Å². The number of aliphatic imine (C=N–C) groups is 1. The van der Waals surface area contributed by atoms with Crippen molar-refractivity contribution in [2.75, 3.05) is 13.7 Å². The number of rotatable bonds is 6. The van der Waals surface area contributed by atoms with Crippen molar-refractivity contribution in [3.05, 3.63) is 42.5 Å². The zero-order chi connectivity index (χ0) is 16.1. The monoisotopic (exact) mass is 315 g/mol. The van der Waals surface area contributed by atoms with Crippen molar-refractivity contribution in [3.63, 3.8) is 0 Å². The molecule has 2 fully saturated rings. The highest BCUT2D eigenvalue weighted by atomic mass is 16.5. The highest BCUT2D eigenvalue weighted by molar-refractivity contribution is 5.80. The number of nitrogens with zero attached hydrogens (tertiary/aromatic N) is 1. The molecule has 0 amide bonds. The van der Waals surface area contributed by atoms with Gasteiger partial charge in [0, 0.05) is 19.2 Å². The van der Waals surface area contributed by atoms with E-state index < -0.39 is 0 Å². The van der Waals surface area contributed by atoms with Gasteiger partial charge in [0.2, 0.25) is 0 Å². The van der Waals surface area contributed by atoms with E-state index in [0.717, 1.165) is 30.1 Å². The molecule has 5 heteroatoms. The number of guanidine groups is 1. The molecule has 3 rings (SSSR count). The summed E-state index contributed by atoms with van der Waals surface area (Å²) < 4.78 is 11.6. The summed E-state index contributed by atoms with van der Waals surface area (Å²) in [4.78, 5) is 4.32. The van der Waals surface area contributed by atoms with E-state index in [9.17, 15) is 0 Å². The Kier molecular flexibility index (Phi) is 5.18. The van der Waals surface area contributed by atoms with Crippen LogP contribution < -0.4 is 15.4 Å². The van der Waals surface area contributed by atoms with Crippen LogP contribution in [-0.4, -0.2) is 37.9 Å². The number of hydrogen-bond donors (Lipinski definition) is 2. The average Bonchev–Trinajstić information content (AvgIpc) is 3.20. The van der Waals surface area contributed by atoms with Gasteiger partial charge in [0.25, 0.3) is 0 Å².